The van der Waals surface area contributed by atoms with E-state index in [0.29, 0.717) is 17.9 Å². The van der Waals surface area contributed by atoms with Crippen LogP contribution in [-0.2, 0) is 9.59 Å². The monoisotopic (exact) mass is 307 g/mol. The first-order chi connectivity index (χ1) is 9.99. The van der Waals surface area contributed by atoms with Crippen molar-refractivity contribution >= 4 is 29.0 Å². The minimum Gasteiger partial charge on any atom is -0.491 e. The molecule has 1 heterocycles. The molecule has 2 N–H and O–H groups in total. The van der Waals surface area contributed by atoms with Crippen molar-refractivity contribution in [3.05, 3.63) is 29.8 Å². The fourth-order valence-corrected chi connectivity index (χ4v) is 2.20. The number of thiocarbonyl (C=S) groups is 1. The second kappa shape index (κ2) is 6.53. The third-order valence-corrected chi connectivity index (χ3v) is 3.47. The second-order valence-corrected chi connectivity index (χ2v) is 5.21. The van der Waals surface area contributed by atoms with Gasteiger partial charge in [0, 0.05) is 7.05 Å². The molecule has 0 aromatic heterocycles. The van der Waals surface area contributed by atoms with E-state index in [4.69, 9.17) is 22.7 Å². The molecule has 1 fully saturated rings. The van der Waals surface area contributed by atoms with Gasteiger partial charge in [0.25, 0.3) is 0 Å². The maximum absolute atomic E-state index is 11.8. The van der Waals surface area contributed by atoms with Crippen LogP contribution in [0.3, 0.4) is 0 Å². The van der Waals surface area contributed by atoms with E-state index in [-0.39, 0.29) is 36.5 Å². The van der Waals surface area contributed by atoms with Gasteiger partial charge in [0.1, 0.15) is 17.3 Å². The Kier molecular flexibility index (Phi) is 4.74. The molecule has 2 amide bonds. The largest absolute Gasteiger partial charge is 0.491 e. The number of amides is 2. The maximum atomic E-state index is 11.8. The van der Waals surface area contributed by atoms with Gasteiger partial charge in [-0.25, -0.2) is 0 Å². The first-order valence-electron chi connectivity index (χ1n) is 6.52. The minimum absolute atomic E-state index is 0.0712. The second-order valence-electron chi connectivity index (χ2n) is 4.77. The summed E-state index contributed by atoms with van der Waals surface area (Å²) in [5, 5.41) is 0. The van der Waals surface area contributed by atoms with Crippen LogP contribution < -0.4 is 10.5 Å². The zero-order valence-electron chi connectivity index (χ0n) is 11.7. The van der Waals surface area contributed by atoms with Crippen LogP contribution in [0.2, 0.25) is 0 Å². The topological polar surface area (TPSA) is 75.9 Å². The quantitative estimate of drug-likeness (QED) is 0.775. The molecule has 0 unspecified atom stereocenters. The van der Waals surface area contributed by atoms with E-state index in [1.54, 1.807) is 19.2 Å². The Bertz CT molecular complexity index is 576. The Hall–Kier alpha value is -2.15. The van der Waals surface area contributed by atoms with Crippen LogP contribution in [0.15, 0.2) is 24.3 Å². The number of nitrogens with two attached hydrogens (primary N) is 1. The van der Waals surface area contributed by atoms with Crippen LogP contribution in [-0.4, -0.2) is 59.9 Å². The summed E-state index contributed by atoms with van der Waals surface area (Å²) in [7, 11) is 1.62. The molecule has 7 heteroatoms. The molecule has 0 spiro atoms. The zero-order chi connectivity index (χ0) is 15.4. The molecule has 1 aromatic carbocycles. The van der Waals surface area contributed by atoms with Gasteiger partial charge in [-0.3, -0.25) is 9.59 Å². The van der Waals surface area contributed by atoms with Crippen molar-refractivity contribution in [2.75, 3.05) is 33.3 Å². The molecular formula is C14H17N3O3S. The lowest BCUT2D eigenvalue weighted by Gasteiger charge is -2.31. The van der Waals surface area contributed by atoms with Crippen molar-refractivity contribution in [1.29, 1.82) is 0 Å². The standard InChI is InChI=1S/C14H17N3O3S/c1-16-8-13(19)17(9-12(16)18)6-7-20-11-5-3-2-4-10(11)14(15)21/h2-5H,6-9H2,1H3,(H2,15,21). The molecule has 21 heavy (non-hydrogen) atoms. The van der Waals surface area contributed by atoms with Gasteiger partial charge in [-0.1, -0.05) is 24.4 Å². The Labute approximate surface area is 128 Å². The molecule has 1 saturated heterocycles. The summed E-state index contributed by atoms with van der Waals surface area (Å²) < 4.78 is 5.63. The first kappa shape index (κ1) is 15.2. The number of nitrogens with zero attached hydrogens (tertiary/aromatic N) is 2. The molecule has 0 bridgehead atoms. The van der Waals surface area contributed by atoms with Gasteiger partial charge in [0.15, 0.2) is 0 Å². The van der Waals surface area contributed by atoms with Crippen molar-refractivity contribution in [3.63, 3.8) is 0 Å². The van der Waals surface area contributed by atoms with Crippen LogP contribution in [0.4, 0.5) is 0 Å². The summed E-state index contributed by atoms with van der Waals surface area (Å²) in [6.07, 6.45) is 0. The highest BCUT2D eigenvalue weighted by molar-refractivity contribution is 7.80. The number of likely N-dealkylation sites (N-methyl/N-ethyl adjacent to an activating group) is 1. The zero-order valence-corrected chi connectivity index (χ0v) is 12.6. The number of hydrogen-bond acceptors (Lipinski definition) is 4. The van der Waals surface area contributed by atoms with E-state index >= 15 is 0 Å². The summed E-state index contributed by atoms with van der Waals surface area (Å²) in [4.78, 5) is 26.6. The van der Waals surface area contributed by atoms with Crippen molar-refractivity contribution < 1.29 is 14.3 Å². The molecule has 112 valence electrons. The average Bonchev–Trinajstić information content (AvgIpc) is 2.44. The molecule has 0 aliphatic carbocycles. The highest BCUT2D eigenvalue weighted by atomic mass is 32.1. The summed E-state index contributed by atoms with van der Waals surface area (Å²) in [5.41, 5.74) is 6.28. The van der Waals surface area contributed by atoms with Crippen LogP contribution in [0, 0.1) is 0 Å². The Morgan fingerprint density at radius 1 is 1.29 bits per heavy atom. The van der Waals surface area contributed by atoms with Crippen LogP contribution in [0.1, 0.15) is 5.56 Å². The normalized spacial score (nSPS) is 15.3. The van der Waals surface area contributed by atoms with E-state index < -0.39 is 0 Å². The van der Waals surface area contributed by atoms with Crippen molar-refractivity contribution in [1.82, 2.24) is 9.80 Å². The van der Waals surface area contributed by atoms with E-state index in [9.17, 15) is 9.59 Å². The lowest BCUT2D eigenvalue weighted by atomic mass is 10.2. The van der Waals surface area contributed by atoms with Gasteiger partial charge >= 0.3 is 0 Å². The van der Waals surface area contributed by atoms with Crippen LogP contribution in [0.5, 0.6) is 5.75 Å². The molecular weight excluding hydrogens is 290 g/mol. The number of para-hydroxylation sites is 1. The van der Waals surface area contributed by atoms with Crippen LogP contribution in [0.25, 0.3) is 0 Å². The lowest BCUT2D eigenvalue weighted by Crippen LogP contribution is -2.53. The number of piperazine rings is 1. The smallest absolute Gasteiger partial charge is 0.242 e. The van der Waals surface area contributed by atoms with E-state index in [1.807, 2.05) is 12.1 Å². The number of benzene rings is 1. The molecule has 0 saturated carbocycles. The molecule has 1 aliphatic rings. The molecule has 1 aromatic rings. The predicted octanol–water partition coefficient (Wildman–Crippen LogP) is 0.000200. The highest BCUT2D eigenvalue weighted by Gasteiger charge is 2.27. The van der Waals surface area contributed by atoms with Gasteiger partial charge in [0.05, 0.1) is 25.2 Å². The Balaban J connectivity index is 1.91. The summed E-state index contributed by atoms with van der Waals surface area (Å²) in [6, 6.07) is 7.19. The highest BCUT2D eigenvalue weighted by Crippen LogP contribution is 2.17. The van der Waals surface area contributed by atoms with E-state index in [0.717, 1.165) is 0 Å². The fraction of sp³-hybridized carbons (Fsp3) is 0.357. The fourth-order valence-electron chi connectivity index (χ4n) is 2.03. The summed E-state index contributed by atoms with van der Waals surface area (Å²) >= 11 is 4.96. The molecule has 6 nitrogen and oxygen atoms in total. The predicted molar refractivity (Wildman–Crippen MR) is 82.0 cm³/mol. The number of carbonyl (C=O) groups excluding carboxylic acids is 2. The molecule has 2 rings (SSSR count). The van der Waals surface area contributed by atoms with E-state index in [1.165, 1.54) is 9.80 Å². The Morgan fingerprint density at radius 2 is 2.00 bits per heavy atom. The van der Waals surface area contributed by atoms with E-state index in [2.05, 4.69) is 0 Å². The molecule has 0 atom stereocenters. The number of carbonyl (C=O) groups is 2. The van der Waals surface area contributed by atoms with Gasteiger partial charge in [-0.2, -0.15) is 0 Å². The van der Waals surface area contributed by atoms with Gasteiger partial charge < -0.3 is 20.3 Å². The van der Waals surface area contributed by atoms with Crippen molar-refractivity contribution in [3.8, 4) is 5.75 Å². The number of rotatable bonds is 5. The summed E-state index contributed by atoms with van der Waals surface area (Å²) in [5.74, 6) is 0.430. The van der Waals surface area contributed by atoms with Crippen molar-refractivity contribution in [2.24, 2.45) is 5.73 Å². The minimum atomic E-state index is -0.0802. The number of hydrogen-bond donors (Lipinski definition) is 1. The SMILES string of the molecule is CN1CC(=O)N(CCOc2ccccc2C(N)=S)CC1=O. The first-order valence-corrected chi connectivity index (χ1v) is 6.93. The maximum Gasteiger partial charge on any atom is 0.242 e. The Morgan fingerprint density at radius 3 is 2.71 bits per heavy atom. The number of ether oxygens (including phenoxy) is 1. The summed E-state index contributed by atoms with van der Waals surface area (Å²) in [6.45, 7) is 0.838. The average molecular weight is 307 g/mol. The van der Waals surface area contributed by atoms with Crippen LogP contribution >= 0.6 is 12.2 Å². The van der Waals surface area contributed by atoms with Gasteiger partial charge in [-0.15, -0.1) is 0 Å². The molecule has 1 aliphatic heterocycles. The molecule has 0 radical (unpaired) electrons. The van der Waals surface area contributed by atoms with Crippen molar-refractivity contribution in [2.45, 2.75) is 0 Å². The van der Waals surface area contributed by atoms with Gasteiger partial charge in [0.2, 0.25) is 11.8 Å². The van der Waals surface area contributed by atoms with Gasteiger partial charge in [-0.05, 0) is 12.1 Å². The third-order valence-electron chi connectivity index (χ3n) is 3.25. The lowest BCUT2D eigenvalue weighted by molar-refractivity contribution is -0.149. The third kappa shape index (κ3) is 3.69.